The van der Waals surface area contributed by atoms with E-state index in [4.69, 9.17) is 20.4 Å². The van der Waals surface area contributed by atoms with Crippen LogP contribution >= 0.6 is 0 Å². The molecule has 0 bridgehead atoms. The van der Waals surface area contributed by atoms with Gasteiger partial charge in [0, 0.05) is 35.2 Å². The molecule has 1 heterocycles. The van der Waals surface area contributed by atoms with Gasteiger partial charge in [-0.2, -0.15) is 0 Å². The lowest BCUT2D eigenvalue weighted by Gasteiger charge is -1.90. The Morgan fingerprint density at radius 3 is 1.63 bits per heavy atom. The molecule has 30 heavy (non-hydrogen) atoms. The van der Waals surface area contributed by atoms with Gasteiger partial charge in [-0.15, -0.1) is 0 Å². The maximum atomic E-state index is 10.1. The molecule has 0 aromatic carbocycles. The second-order valence-corrected chi connectivity index (χ2v) is 5.81. The third-order valence-corrected chi connectivity index (χ3v) is 2.82. The van der Waals surface area contributed by atoms with Crippen molar-refractivity contribution in [2.45, 2.75) is 34.1 Å². The molecule has 0 aliphatic carbocycles. The highest BCUT2D eigenvalue weighted by atomic mass is 16.4. The number of hydrogen-bond acceptors (Lipinski definition) is 5. The number of rotatable bonds is 6. The van der Waals surface area contributed by atoms with Gasteiger partial charge in [0.1, 0.15) is 0 Å². The topological polar surface area (TPSA) is 145 Å². The minimum atomic E-state index is -0.935. The maximum absolute atomic E-state index is 10.1. The molecular formula is C22H31NO7. The Morgan fingerprint density at radius 2 is 1.40 bits per heavy atom. The lowest BCUT2D eigenvalue weighted by atomic mass is 10.2. The summed E-state index contributed by atoms with van der Waals surface area (Å²) in [5.74, 6) is -2.80. The zero-order valence-corrected chi connectivity index (χ0v) is 17.9. The molecule has 0 fully saturated rings. The summed E-state index contributed by atoms with van der Waals surface area (Å²) in [5.41, 5.74) is 2.75. The maximum Gasteiger partial charge on any atom is 0.330 e. The van der Waals surface area contributed by atoms with Gasteiger partial charge in [-0.05, 0) is 45.7 Å². The highest BCUT2D eigenvalue weighted by molar-refractivity contribution is 5.86. The van der Waals surface area contributed by atoms with Crippen LogP contribution in [0.1, 0.15) is 38.4 Å². The van der Waals surface area contributed by atoms with E-state index >= 15 is 0 Å². The molecule has 1 aromatic rings. The first-order chi connectivity index (χ1) is 13.8. The number of aromatic nitrogens is 1. The van der Waals surface area contributed by atoms with E-state index in [2.05, 4.69) is 24.7 Å². The Morgan fingerprint density at radius 1 is 0.967 bits per heavy atom. The summed E-state index contributed by atoms with van der Waals surface area (Å²) in [6.45, 7) is 16.3. The minimum Gasteiger partial charge on any atom is -0.478 e. The molecule has 0 radical (unpaired) electrons. The van der Waals surface area contributed by atoms with Gasteiger partial charge in [0.15, 0.2) is 0 Å². The van der Waals surface area contributed by atoms with Crippen LogP contribution in [0.5, 0.6) is 0 Å². The molecule has 8 heteroatoms. The first kappa shape index (κ1) is 31.2. The Labute approximate surface area is 177 Å². The number of hydrogen-bond donors (Lipinski definition) is 4. The Hall–Kier alpha value is -3.52. The number of aryl methyl sites for hydroxylation is 1. The zero-order valence-electron chi connectivity index (χ0n) is 17.9. The molecule has 0 saturated carbocycles. The van der Waals surface area contributed by atoms with Crippen molar-refractivity contribution >= 4 is 24.0 Å². The van der Waals surface area contributed by atoms with Gasteiger partial charge >= 0.3 is 17.9 Å². The van der Waals surface area contributed by atoms with Crippen molar-refractivity contribution in [1.82, 2.24) is 4.98 Å². The Balaban J connectivity index is -0.000000331. The van der Waals surface area contributed by atoms with Crippen molar-refractivity contribution in [2.75, 3.05) is 6.61 Å². The average molecular weight is 421 g/mol. The summed E-state index contributed by atoms with van der Waals surface area (Å²) in [4.78, 5) is 33.3. The van der Waals surface area contributed by atoms with Crippen LogP contribution in [0.2, 0.25) is 0 Å². The van der Waals surface area contributed by atoms with Crippen molar-refractivity contribution in [3.05, 3.63) is 72.1 Å². The largest absolute Gasteiger partial charge is 0.478 e. The Bertz CT molecular complexity index is 699. The number of aliphatic hydroxyl groups is 1. The number of aliphatic carboxylic acids is 3. The molecule has 4 N–H and O–H groups in total. The van der Waals surface area contributed by atoms with Crippen LogP contribution in [0.4, 0.5) is 0 Å². The summed E-state index contributed by atoms with van der Waals surface area (Å²) in [5, 5.41) is 32.3. The smallest absolute Gasteiger partial charge is 0.330 e. The van der Waals surface area contributed by atoms with Crippen LogP contribution in [-0.2, 0) is 14.4 Å². The van der Waals surface area contributed by atoms with Gasteiger partial charge in [-0.3, -0.25) is 4.98 Å². The second kappa shape index (κ2) is 18.8. The molecule has 0 amide bonds. The van der Waals surface area contributed by atoms with Gasteiger partial charge in [0.25, 0.3) is 0 Å². The van der Waals surface area contributed by atoms with Gasteiger partial charge in [-0.25, -0.2) is 14.4 Å². The van der Waals surface area contributed by atoms with Crippen molar-refractivity contribution in [3.63, 3.8) is 0 Å². The third kappa shape index (κ3) is 22.5. The van der Waals surface area contributed by atoms with E-state index in [0.717, 1.165) is 11.3 Å². The van der Waals surface area contributed by atoms with Crippen LogP contribution in [0.3, 0.4) is 0 Å². The van der Waals surface area contributed by atoms with E-state index in [1.807, 2.05) is 25.3 Å². The van der Waals surface area contributed by atoms with Crippen LogP contribution in [-0.4, -0.2) is 49.9 Å². The number of carboxylic acid groups (broad SMARTS) is 3. The molecule has 166 valence electrons. The normalized spacial score (nSPS) is 9.17. The van der Waals surface area contributed by atoms with Crippen molar-refractivity contribution < 1.29 is 34.8 Å². The minimum absolute atomic E-state index is 0.00458. The van der Waals surface area contributed by atoms with E-state index in [1.165, 1.54) is 26.8 Å². The van der Waals surface area contributed by atoms with E-state index in [1.54, 1.807) is 6.08 Å². The highest BCUT2D eigenvalue weighted by Crippen LogP contribution is 1.98. The van der Waals surface area contributed by atoms with E-state index in [-0.39, 0.29) is 23.3 Å². The predicted molar refractivity (Wildman–Crippen MR) is 117 cm³/mol. The number of carboxylic acids is 3. The SMILES string of the molecule is C=C(C)C(=O)O.C=C(C)C(=O)O.C=Cc1ccc(C)nc1.CC(=CCCO)C(=O)O. The monoisotopic (exact) mass is 421 g/mol. The fraction of sp³-hybridized carbons (Fsp3) is 0.273. The van der Waals surface area contributed by atoms with Crippen LogP contribution in [0.25, 0.3) is 6.08 Å². The van der Waals surface area contributed by atoms with Crippen molar-refractivity contribution in [3.8, 4) is 0 Å². The quantitative estimate of drug-likeness (QED) is 0.508. The summed E-state index contributed by atoms with van der Waals surface area (Å²) in [6.07, 6.45) is 5.50. The van der Waals surface area contributed by atoms with Gasteiger partial charge in [0.2, 0.25) is 0 Å². The Kier molecular flexibility index (Phi) is 19.6. The number of nitrogens with zero attached hydrogens (tertiary/aromatic N) is 1. The third-order valence-electron chi connectivity index (χ3n) is 2.82. The van der Waals surface area contributed by atoms with Gasteiger partial charge < -0.3 is 20.4 Å². The van der Waals surface area contributed by atoms with Crippen LogP contribution in [0.15, 0.2) is 60.9 Å². The van der Waals surface area contributed by atoms with Gasteiger partial charge in [0.05, 0.1) is 0 Å². The molecule has 8 nitrogen and oxygen atoms in total. The lowest BCUT2D eigenvalue weighted by molar-refractivity contribution is -0.133. The summed E-state index contributed by atoms with van der Waals surface area (Å²) >= 11 is 0. The zero-order chi connectivity index (χ0) is 24.3. The van der Waals surface area contributed by atoms with Crippen molar-refractivity contribution in [2.24, 2.45) is 0 Å². The fourth-order valence-electron chi connectivity index (χ4n) is 0.968. The molecule has 0 unspecified atom stereocenters. The number of carbonyl (C=O) groups is 3. The molecular weight excluding hydrogens is 390 g/mol. The number of aliphatic hydroxyl groups excluding tert-OH is 1. The average Bonchev–Trinajstić information content (AvgIpc) is 2.67. The first-order valence-corrected chi connectivity index (χ1v) is 8.63. The summed E-state index contributed by atoms with van der Waals surface area (Å²) < 4.78 is 0. The van der Waals surface area contributed by atoms with E-state index in [0.29, 0.717) is 6.42 Å². The first-order valence-electron chi connectivity index (χ1n) is 8.63. The summed E-state index contributed by atoms with van der Waals surface area (Å²) in [7, 11) is 0. The lowest BCUT2D eigenvalue weighted by Crippen LogP contribution is -1.95. The fourth-order valence-corrected chi connectivity index (χ4v) is 0.968. The second-order valence-electron chi connectivity index (χ2n) is 5.81. The summed E-state index contributed by atoms with van der Waals surface area (Å²) in [6, 6.07) is 3.96. The molecule has 0 saturated heterocycles. The molecule has 0 aliphatic rings. The van der Waals surface area contributed by atoms with Crippen molar-refractivity contribution in [1.29, 1.82) is 0 Å². The van der Waals surface area contributed by atoms with Gasteiger partial charge in [-0.1, -0.05) is 38.0 Å². The molecule has 1 aromatic heterocycles. The number of pyridine rings is 1. The molecule has 0 atom stereocenters. The standard InChI is InChI=1S/C8H9N.C6H10O3.2C4H6O2/c1-3-8-5-4-7(2)9-6-8;1-5(6(8)9)3-2-4-7;2*1-3(2)4(5)6/h3-6H,1H2,2H3;3,7H,2,4H2,1H3,(H,8,9);2*1H2,2H3,(H,5,6). The molecule has 0 spiro atoms. The van der Waals surface area contributed by atoms with Crippen LogP contribution < -0.4 is 0 Å². The van der Waals surface area contributed by atoms with E-state index in [9.17, 15) is 14.4 Å². The predicted octanol–water partition coefficient (Wildman–Crippen LogP) is 3.73. The molecule has 0 aliphatic heterocycles. The van der Waals surface area contributed by atoms with Crippen LogP contribution in [0, 0.1) is 6.92 Å². The van der Waals surface area contributed by atoms with E-state index < -0.39 is 17.9 Å². The molecule has 1 rings (SSSR count). The highest BCUT2D eigenvalue weighted by Gasteiger charge is 1.96.